The van der Waals surface area contributed by atoms with E-state index in [1.54, 1.807) is 0 Å². The minimum atomic E-state index is -0.123. The van der Waals surface area contributed by atoms with Crippen LogP contribution in [0, 0.1) is 6.92 Å². The van der Waals surface area contributed by atoms with Crippen molar-refractivity contribution in [3.63, 3.8) is 0 Å². The van der Waals surface area contributed by atoms with Crippen molar-refractivity contribution in [1.82, 2.24) is 0 Å². The predicted molar refractivity (Wildman–Crippen MR) is 194 cm³/mol. The highest BCUT2D eigenvalue weighted by Crippen LogP contribution is 2.57. The van der Waals surface area contributed by atoms with E-state index < -0.39 is 0 Å². The molecule has 0 saturated carbocycles. The number of rotatable bonds is 5. The molecule has 6 aromatic rings. The smallest absolute Gasteiger partial charge is 0.0620 e. The molecule has 0 amide bonds. The van der Waals surface area contributed by atoms with Crippen molar-refractivity contribution in [2.24, 2.45) is 0 Å². The van der Waals surface area contributed by atoms with E-state index in [0.717, 1.165) is 12.8 Å². The lowest BCUT2D eigenvalue weighted by Gasteiger charge is -2.36. The Kier molecular flexibility index (Phi) is 5.98. The first-order valence-corrected chi connectivity index (χ1v) is 16.7. The monoisotopic (exact) mass is 585 g/mol. The van der Waals surface area contributed by atoms with Crippen molar-refractivity contribution < 1.29 is 0 Å². The Hall–Kier alpha value is -4.36. The average Bonchev–Trinajstić information content (AvgIpc) is 3.41. The van der Waals surface area contributed by atoms with Gasteiger partial charge in [0.2, 0.25) is 0 Å². The summed E-state index contributed by atoms with van der Waals surface area (Å²) in [5.74, 6) is 0. The van der Waals surface area contributed by atoms with E-state index in [-0.39, 0.29) is 16.4 Å². The molecule has 45 heavy (non-hydrogen) atoms. The van der Waals surface area contributed by atoms with E-state index in [0.29, 0.717) is 0 Å². The van der Waals surface area contributed by atoms with Crippen LogP contribution in [-0.2, 0) is 16.4 Å². The van der Waals surface area contributed by atoms with Gasteiger partial charge >= 0.3 is 0 Å². The topological polar surface area (TPSA) is 12.0 Å². The standard InChI is InChI=1S/C44H43N/c1-8-44(9-2,45-31-19-14-27(3)15-20-31)30-18-21-33-36-25-41-37(26-40(36)43(6,7)39(33)23-30)35-24-34-29(22-38(35)42(41,4)5)17-16-28-12-10-11-13-32(28)34/h10-26,45H,8-9H2,1-7H3. The zero-order valence-corrected chi connectivity index (χ0v) is 27.7. The molecule has 2 aliphatic rings. The van der Waals surface area contributed by atoms with Crippen molar-refractivity contribution in [3.05, 3.63) is 137 Å². The normalized spacial score (nSPS) is 15.5. The SMILES string of the molecule is CCC(CC)(Nc1ccc(C)cc1)c1ccc2c(c1)C(C)(C)c1cc3c(cc1-2)C(C)(C)c1cc2ccc4ccccc4c2cc1-3. The summed E-state index contributed by atoms with van der Waals surface area (Å²) >= 11 is 0. The lowest BCUT2D eigenvalue weighted by atomic mass is 9.77. The summed E-state index contributed by atoms with van der Waals surface area (Å²) in [7, 11) is 0. The molecule has 1 N–H and O–H groups in total. The van der Waals surface area contributed by atoms with Crippen molar-refractivity contribution in [2.45, 2.75) is 77.7 Å². The fraction of sp³-hybridized carbons (Fsp3) is 0.273. The zero-order valence-electron chi connectivity index (χ0n) is 27.7. The number of hydrogen-bond acceptors (Lipinski definition) is 1. The van der Waals surface area contributed by atoms with E-state index in [4.69, 9.17) is 0 Å². The van der Waals surface area contributed by atoms with Crippen molar-refractivity contribution >= 4 is 27.2 Å². The van der Waals surface area contributed by atoms with Crippen LogP contribution >= 0.6 is 0 Å². The van der Waals surface area contributed by atoms with Crippen LogP contribution in [0.1, 0.15) is 87.8 Å². The molecule has 6 aromatic carbocycles. The van der Waals surface area contributed by atoms with Gasteiger partial charge in [0.25, 0.3) is 0 Å². The van der Waals surface area contributed by atoms with E-state index in [1.165, 1.54) is 82.9 Å². The van der Waals surface area contributed by atoms with Crippen LogP contribution in [0.15, 0.2) is 103 Å². The summed E-state index contributed by atoms with van der Waals surface area (Å²) in [4.78, 5) is 0. The van der Waals surface area contributed by atoms with Crippen molar-refractivity contribution in [2.75, 3.05) is 5.32 Å². The fourth-order valence-electron chi connectivity index (χ4n) is 8.58. The van der Waals surface area contributed by atoms with Gasteiger partial charge in [0.1, 0.15) is 0 Å². The molecule has 0 saturated heterocycles. The van der Waals surface area contributed by atoms with E-state index in [2.05, 4.69) is 157 Å². The maximum absolute atomic E-state index is 3.96. The number of nitrogens with one attached hydrogen (secondary N) is 1. The van der Waals surface area contributed by atoms with Crippen molar-refractivity contribution in [1.29, 1.82) is 0 Å². The Bertz CT molecular complexity index is 2160. The third-order valence-corrected chi connectivity index (χ3v) is 11.5. The Labute approximate surface area is 268 Å². The lowest BCUT2D eigenvalue weighted by molar-refractivity contribution is 0.453. The highest BCUT2D eigenvalue weighted by molar-refractivity contribution is 6.10. The van der Waals surface area contributed by atoms with E-state index in [1.807, 2.05) is 0 Å². The first-order chi connectivity index (χ1) is 21.6. The predicted octanol–water partition coefficient (Wildman–Crippen LogP) is 12.0. The lowest BCUT2D eigenvalue weighted by Crippen LogP contribution is -2.34. The minimum Gasteiger partial charge on any atom is -0.376 e. The van der Waals surface area contributed by atoms with Gasteiger partial charge in [0.05, 0.1) is 5.54 Å². The molecule has 0 bridgehead atoms. The van der Waals surface area contributed by atoms with Crippen LogP contribution in [0.2, 0.25) is 0 Å². The van der Waals surface area contributed by atoms with Gasteiger partial charge in [-0.15, -0.1) is 0 Å². The average molecular weight is 586 g/mol. The Morgan fingerprint density at radius 2 is 1.11 bits per heavy atom. The van der Waals surface area contributed by atoms with Crippen LogP contribution in [0.3, 0.4) is 0 Å². The summed E-state index contributed by atoms with van der Waals surface area (Å²) in [6.45, 7) is 16.5. The summed E-state index contributed by atoms with van der Waals surface area (Å²) in [6.07, 6.45) is 2.04. The quantitative estimate of drug-likeness (QED) is 0.198. The Balaban J connectivity index is 1.27. The first-order valence-electron chi connectivity index (χ1n) is 16.7. The van der Waals surface area contributed by atoms with Gasteiger partial charge in [-0.1, -0.05) is 114 Å². The molecule has 8 rings (SSSR count). The molecule has 0 aliphatic heterocycles. The third kappa shape index (κ3) is 3.92. The molecule has 1 heteroatoms. The molecule has 2 aliphatic carbocycles. The summed E-state index contributed by atoms with van der Waals surface area (Å²) in [5.41, 5.74) is 14.9. The minimum absolute atomic E-state index is 0.0656. The molecule has 224 valence electrons. The molecular weight excluding hydrogens is 542 g/mol. The summed E-state index contributed by atoms with van der Waals surface area (Å²) < 4.78 is 0. The fourth-order valence-corrected chi connectivity index (χ4v) is 8.58. The van der Waals surface area contributed by atoms with Gasteiger partial charge in [-0.2, -0.15) is 0 Å². The molecular formula is C44H43N. The summed E-state index contributed by atoms with van der Waals surface area (Å²) in [5, 5.41) is 9.27. The second-order valence-electron chi connectivity index (χ2n) is 14.6. The van der Waals surface area contributed by atoms with Crippen LogP contribution in [0.5, 0.6) is 0 Å². The van der Waals surface area contributed by atoms with Crippen LogP contribution in [0.25, 0.3) is 43.8 Å². The molecule has 0 aromatic heterocycles. The number of aryl methyl sites for hydroxylation is 1. The molecule has 0 heterocycles. The molecule has 0 radical (unpaired) electrons. The number of hydrogen-bond donors (Lipinski definition) is 1. The van der Waals surface area contributed by atoms with Crippen LogP contribution in [0.4, 0.5) is 5.69 Å². The second-order valence-corrected chi connectivity index (χ2v) is 14.6. The van der Waals surface area contributed by atoms with Crippen LogP contribution < -0.4 is 5.32 Å². The Morgan fingerprint density at radius 1 is 0.533 bits per heavy atom. The molecule has 0 fully saturated rings. The summed E-state index contributed by atoms with van der Waals surface area (Å²) in [6, 6.07) is 39.6. The maximum Gasteiger partial charge on any atom is 0.0620 e. The van der Waals surface area contributed by atoms with E-state index >= 15 is 0 Å². The van der Waals surface area contributed by atoms with E-state index in [9.17, 15) is 0 Å². The third-order valence-electron chi connectivity index (χ3n) is 11.5. The molecule has 0 spiro atoms. The first kappa shape index (κ1) is 28.1. The van der Waals surface area contributed by atoms with Crippen LogP contribution in [-0.4, -0.2) is 0 Å². The van der Waals surface area contributed by atoms with Gasteiger partial charge in [0, 0.05) is 16.5 Å². The molecule has 1 nitrogen and oxygen atoms in total. The second kappa shape index (κ2) is 9.57. The maximum atomic E-state index is 3.96. The van der Waals surface area contributed by atoms with Crippen molar-refractivity contribution in [3.8, 4) is 22.3 Å². The molecule has 0 atom stereocenters. The number of fused-ring (bicyclic) bond motifs is 9. The highest BCUT2D eigenvalue weighted by Gasteiger charge is 2.42. The Morgan fingerprint density at radius 3 is 1.80 bits per heavy atom. The van der Waals surface area contributed by atoms with Gasteiger partial charge in [-0.25, -0.2) is 0 Å². The van der Waals surface area contributed by atoms with Gasteiger partial charge in [0.15, 0.2) is 0 Å². The highest BCUT2D eigenvalue weighted by atomic mass is 15.0. The van der Waals surface area contributed by atoms with Gasteiger partial charge in [-0.05, 0) is 128 Å². The zero-order chi connectivity index (χ0) is 31.3. The van der Waals surface area contributed by atoms with Gasteiger partial charge in [-0.3, -0.25) is 0 Å². The number of benzene rings is 6. The number of anilines is 1. The van der Waals surface area contributed by atoms with Gasteiger partial charge < -0.3 is 5.32 Å². The largest absolute Gasteiger partial charge is 0.376 e. The molecule has 0 unspecified atom stereocenters.